The van der Waals surface area contributed by atoms with E-state index in [1.807, 2.05) is 60.8 Å². The number of hydrogen-bond donors (Lipinski definition) is 1. The van der Waals surface area contributed by atoms with Crippen LogP contribution in [0, 0.1) is 0 Å². The molecule has 0 bridgehead atoms. The van der Waals surface area contributed by atoms with Gasteiger partial charge in [0.2, 0.25) is 0 Å². The topological polar surface area (TPSA) is 41.6 Å². The summed E-state index contributed by atoms with van der Waals surface area (Å²) in [5.74, 6) is 0. The zero-order valence-corrected chi connectivity index (χ0v) is 10.0. The lowest BCUT2D eigenvalue weighted by Gasteiger charge is -1.94. The molecule has 2 aromatic carbocycles. The molecule has 0 unspecified atom stereocenters. The van der Waals surface area contributed by atoms with E-state index in [1.54, 1.807) is 0 Å². The fraction of sp³-hybridized carbons (Fsp3) is 0.0667. The second kappa shape index (κ2) is 7.01. The van der Waals surface area contributed by atoms with Gasteiger partial charge in [-0.1, -0.05) is 71.9 Å². The summed E-state index contributed by atoms with van der Waals surface area (Å²) in [6.07, 6.45) is 2.66. The summed E-state index contributed by atoms with van der Waals surface area (Å²) in [4.78, 5) is 0. The zero-order valence-electron chi connectivity index (χ0n) is 10.0. The predicted octanol–water partition coefficient (Wildman–Crippen LogP) is 3.08. The monoisotopic (exact) mass is 237 g/mol. The lowest BCUT2D eigenvalue weighted by atomic mass is 10.1. The average molecular weight is 237 g/mol. The maximum absolute atomic E-state index is 3.91. The Labute approximate surface area is 107 Å². The Kier molecular flexibility index (Phi) is 4.69. The molecule has 3 aromatic rings. The molecule has 0 saturated heterocycles. The van der Waals surface area contributed by atoms with Gasteiger partial charge in [-0.2, -0.15) is 0 Å². The van der Waals surface area contributed by atoms with Crippen molar-refractivity contribution in [3.05, 3.63) is 84.2 Å². The average Bonchev–Trinajstić information content (AvgIpc) is 2.96. The van der Waals surface area contributed by atoms with Crippen LogP contribution in [-0.2, 0) is 6.42 Å². The minimum Gasteiger partial charge on any atom is -0.265 e. The number of H-pyrrole nitrogens is 1. The van der Waals surface area contributed by atoms with Gasteiger partial charge in [-0.15, -0.1) is 5.10 Å². The van der Waals surface area contributed by atoms with E-state index in [1.165, 1.54) is 5.56 Å². The summed E-state index contributed by atoms with van der Waals surface area (Å²) in [5, 5.41) is 10.2. The van der Waals surface area contributed by atoms with E-state index in [0.29, 0.717) is 0 Å². The lowest BCUT2D eigenvalue weighted by molar-refractivity contribution is 0.915. The number of rotatable bonds is 2. The first-order valence-electron chi connectivity index (χ1n) is 5.84. The first-order valence-corrected chi connectivity index (χ1v) is 5.84. The maximum atomic E-state index is 3.91. The van der Waals surface area contributed by atoms with Gasteiger partial charge in [0.05, 0.1) is 5.69 Å². The summed E-state index contributed by atoms with van der Waals surface area (Å²) in [5.41, 5.74) is 2.23. The van der Waals surface area contributed by atoms with Crippen LogP contribution >= 0.6 is 0 Å². The molecule has 3 rings (SSSR count). The van der Waals surface area contributed by atoms with Crippen molar-refractivity contribution in [2.75, 3.05) is 0 Å². The van der Waals surface area contributed by atoms with Crippen molar-refractivity contribution < 1.29 is 0 Å². The molecule has 3 heteroatoms. The van der Waals surface area contributed by atoms with E-state index in [4.69, 9.17) is 0 Å². The lowest BCUT2D eigenvalue weighted by Crippen LogP contribution is -1.86. The number of hydrogen-bond acceptors (Lipinski definition) is 2. The van der Waals surface area contributed by atoms with Crippen molar-refractivity contribution >= 4 is 0 Å². The highest BCUT2D eigenvalue weighted by Crippen LogP contribution is 2.04. The van der Waals surface area contributed by atoms with Crippen LogP contribution in [0.2, 0.25) is 0 Å². The molecular weight excluding hydrogens is 222 g/mol. The second-order valence-corrected chi connectivity index (χ2v) is 3.78. The number of nitrogens with one attached hydrogen (secondary N) is 1. The molecule has 3 nitrogen and oxygen atoms in total. The van der Waals surface area contributed by atoms with Crippen molar-refractivity contribution in [1.82, 2.24) is 15.4 Å². The summed E-state index contributed by atoms with van der Waals surface area (Å²) >= 11 is 0. The van der Waals surface area contributed by atoms with E-state index >= 15 is 0 Å². The Morgan fingerprint density at radius 2 is 1.33 bits per heavy atom. The molecule has 0 spiro atoms. The third kappa shape index (κ3) is 4.22. The molecule has 0 aliphatic carbocycles. The van der Waals surface area contributed by atoms with Crippen LogP contribution in [-0.4, -0.2) is 15.4 Å². The van der Waals surface area contributed by atoms with E-state index < -0.39 is 0 Å². The predicted molar refractivity (Wildman–Crippen MR) is 72.1 cm³/mol. The van der Waals surface area contributed by atoms with Gasteiger partial charge in [-0.3, -0.25) is 5.10 Å². The molecule has 18 heavy (non-hydrogen) atoms. The highest BCUT2D eigenvalue weighted by Gasteiger charge is 1.96. The highest BCUT2D eigenvalue weighted by molar-refractivity contribution is 5.19. The molecule has 1 heterocycles. The van der Waals surface area contributed by atoms with Crippen LogP contribution in [0.25, 0.3) is 0 Å². The largest absolute Gasteiger partial charge is 0.265 e. The van der Waals surface area contributed by atoms with E-state index in [0.717, 1.165) is 12.1 Å². The highest BCUT2D eigenvalue weighted by atomic mass is 15.3. The van der Waals surface area contributed by atoms with Crippen molar-refractivity contribution in [2.24, 2.45) is 0 Å². The van der Waals surface area contributed by atoms with Gasteiger partial charge < -0.3 is 0 Å². The van der Waals surface area contributed by atoms with Gasteiger partial charge in [-0.05, 0) is 5.56 Å². The van der Waals surface area contributed by atoms with Gasteiger partial charge in [0, 0.05) is 12.6 Å². The first-order chi connectivity index (χ1) is 8.95. The molecule has 0 aliphatic rings. The summed E-state index contributed by atoms with van der Waals surface area (Å²) < 4.78 is 0. The summed E-state index contributed by atoms with van der Waals surface area (Å²) in [6, 6.07) is 22.2. The molecule has 0 amide bonds. The third-order valence-electron chi connectivity index (χ3n) is 2.36. The second-order valence-electron chi connectivity index (χ2n) is 3.78. The Hall–Kier alpha value is -2.42. The molecule has 0 radical (unpaired) electrons. The molecule has 0 aliphatic heterocycles. The van der Waals surface area contributed by atoms with E-state index in [-0.39, 0.29) is 0 Å². The van der Waals surface area contributed by atoms with E-state index in [2.05, 4.69) is 27.5 Å². The van der Waals surface area contributed by atoms with Crippen molar-refractivity contribution in [1.29, 1.82) is 0 Å². The number of nitrogens with zero attached hydrogens (tertiary/aromatic N) is 2. The molecule has 1 N–H and O–H groups in total. The minimum absolute atomic E-state index is 0.845. The number of aromatic nitrogens is 3. The van der Waals surface area contributed by atoms with Crippen molar-refractivity contribution in [3.8, 4) is 0 Å². The van der Waals surface area contributed by atoms with Crippen molar-refractivity contribution in [3.63, 3.8) is 0 Å². The van der Waals surface area contributed by atoms with Crippen molar-refractivity contribution in [2.45, 2.75) is 6.42 Å². The van der Waals surface area contributed by atoms with Crippen LogP contribution in [0.4, 0.5) is 0 Å². The molecule has 0 saturated carbocycles. The van der Waals surface area contributed by atoms with Gasteiger partial charge in [0.1, 0.15) is 0 Å². The first kappa shape index (κ1) is 12.0. The fourth-order valence-electron chi connectivity index (χ4n) is 1.50. The SMILES string of the molecule is c1ccc(Cc2c[nH]nn2)cc1.c1ccccc1. The summed E-state index contributed by atoms with van der Waals surface area (Å²) in [6.45, 7) is 0. The fourth-order valence-corrected chi connectivity index (χ4v) is 1.50. The molecule has 1 aromatic heterocycles. The minimum atomic E-state index is 0.845. The van der Waals surface area contributed by atoms with E-state index in [9.17, 15) is 0 Å². The number of benzene rings is 2. The Morgan fingerprint density at radius 3 is 1.83 bits per heavy atom. The molecule has 90 valence electrons. The smallest absolute Gasteiger partial charge is 0.0868 e. The van der Waals surface area contributed by atoms with Crippen LogP contribution in [0.3, 0.4) is 0 Å². The summed E-state index contributed by atoms with van der Waals surface area (Å²) in [7, 11) is 0. The zero-order chi connectivity index (χ0) is 12.5. The molecule has 0 atom stereocenters. The molecular formula is C15H15N3. The Morgan fingerprint density at radius 1 is 0.778 bits per heavy atom. The van der Waals surface area contributed by atoms with Crippen LogP contribution in [0.15, 0.2) is 72.9 Å². The Balaban J connectivity index is 0.000000169. The third-order valence-corrected chi connectivity index (χ3v) is 2.36. The van der Waals surface area contributed by atoms with Gasteiger partial charge in [0.25, 0.3) is 0 Å². The quantitative estimate of drug-likeness (QED) is 0.744. The van der Waals surface area contributed by atoms with Gasteiger partial charge in [-0.25, -0.2) is 0 Å². The van der Waals surface area contributed by atoms with Crippen LogP contribution in [0.1, 0.15) is 11.3 Å². The van der Waals surface area contributed by atoms with Gasteiger partial charge in [0.15, 0.2) is 0 Å². The normalized spacial score (nSPS) is 9.33. The number of aromatic amines is 1. The van der Waals surface area contributed by atoms with Gasteiger partial charge >= 0.3 is 0 Å². The van der Waals surface area contributed by atoms with Crippen LogP contribution < -0.4 is 0 Å². The van der Waals surface area contributed by atoms with Crippen LogP contribution in [0.5, 0.6) is 0 Å². The Bertz CT molecular complexity index is 491. The molecule has 0 fully saturated rings. The standard InChI is InChI=1S/C9H9N3.C6H6/c1-2-4-8(5-3-1)6-9-7-10-12-11-9;1-2-4-6-5-3-1/h1-5,7H,6H2,(H,10,11,12);1-6H. The maximum Gasteiger partial charge on any atom is 0.0868 e.